The van der Waals surface area contributed by atoms with Crippen LogP contribution in [0.25, 0.3) is 0 Å². The molecule has 2 rings (SSSR count). The molecule has 0 radical (unpaired) electrons. The number of carbonyl (C=O) groups is 2. The average molecular weight is 329 g/mol. The number of esters is 1. The van der Waals surface area contributed by atoms with Crippen LogP contribution in [0.5, 0.6) is 0 Å². The number of methoxy groups -OCH3 is 1. The first-order valence-corrected chi connectivity index (χ1v) is 7.65. The van der Waals surface area contributed by atoms with E-state index in [1.165, 1.54) is 19.2 Å². The van der Waals surface area contributed by atoms with Gasteiger partial charge in [0.2, 0.25) is 0 Å². The van der Waals surface area contributed by atoms with Crippen LogP contribution in [0.1, 0.15) is 17.0 Å². The number of anilines is 1. The molecule has 24 heavy (non-hydrogen) atoms. The zero-order chi connectivity index (χ0) is 17.5. The number of carbonyl (C=O) groups excluding carboxylic acids is 2. The third-order valence-corrected chi connectivity index (χ3v) is 4.06. The maximum Gasteiger partial charge on any atom is 0.316 e. The van der Waals surface area contributed by atoms with Crippen molar-refractivity contribution in [3.05, 3.63) is 65.5 Å². The Bertz CT molecular complexity index is 703. The average Bonchev–Trinajstić information content (AvgIpc) is 2.62. The first-order valence-electron chi connectivity index (χ1n) is 7.65. The summed E-state index contributed by atoms with van der Waals surface area (Å²) >= 11 is 0. The normalized spacial score (nSPS) is 13.0. The minimum atomic E-state index is -0.924. The van der Waals surface area contributed by atoms with E-state index in [1.54, 1.807) is 13.1 Å². The summed E-state index contributed by atoms with van der Waals surface area (Å²) in [5, 5.41) is 2.95. The summed E-state index contributed by atoms with van der Waals surface area (Å²) < 4.78 is 18.2. The predicted octanol–water partition coefficient (Wildman–Crippen LogP) is 3.18. The molecule has 0 unspecified atom stereocenters. The highest BCUT2D eigenvalue weighted by Crippen LogP contribution is 2.31. The second kappa shape index (κ2) is 8.24. The van der Waals surface area contributed by atoms with Gasteiger partial charge < -0.3 is 14.8 Å². The molecule has 0 fully saturated rings. The fraction of sp³-hybridized carbons (Fsp3) is 0.263. The molecule has 0 amide bonds. The Morgan fingerprint density at radius 2 is 1.96 bits per heavy atom. The molecular weight excluding hydrogens is 309 g/mol. The molecule has 2 aromatic carbocycles. The Morgan fingerprint density at radius 1 is 1.25 bits per heavy atom. The van der Waals surface area contributed by atoms with Crippen molar-refractivity contribution < 1.29 is 18.7 Å². The van der Waals surface area contributed by atoms with Gasteiger partial charge in [-0.1, -0.05) is 36.4 Å². The Morgan fingerprint density at radius 3 is 2.54 bits per heavy atom. The lowest BCUT2D eigenvalue weighted by molar-refractivity contribution is -0.147. The number of benzene rings is 2. The van der Waals surface area contributed by atoms with E-state index in [4.69, 9.17) is 4.74 Å². The highest BCUT2D eigenvalue weighted by Gasteiger charge is 2.31. The lowest BCUT2D eigenvalue weighted by atomic mass is 9.82. The molecule has 1 N–H and O–H groups in total. The lowest BCUT2D eigenvalue weighted by Gasteiger charge is -2.23. The van der Waals surface area contributed by atoms with Gasteiger partial charge in [-0.05, 0) is 29.7 Å². The maximum atomic E-state index is 13.4. The summed E-state index contributed by atoms with van der Waals surface area (Å²) in [5.74, 6) is -2.24. The molecule has 0 aliphatic rings. The Hall–Kier alpha value is -2.69. The first-order chi connectivity index (χ1) is 11.6. The summed E-state index contributed by atoms with van der Waals surface area (Å²) in [6.07, 6.45) is 1.02. The van der Waals surface area contributed by atoms with E-state index in [0.29, 0.717) is 18.4 Å². The minimum absolute atomic E-state index is 0.348. The molecule has 0 saturated heterocycles. The highest BCUT2D eigenvalue weighted by molar-refractivity contribution is 5.89. The van der Waals surface area contributed by atoms with Gasteiger partial charge in [0.05, 0.1) is 7.11 Å². The van der Waals surface area contributed by atoms with E-state index in [1.807, 2.05) is 30.3 Å². The largest absolute Gasteiger partial charge is 0.468 e. The van der Waals surface area contributed by atoms with Gasteiger partial charge in [-0.3, -0.25) is 4.79 Å². The SMILES string of the molecule is CNc1cc(F)ccc1C[C@H](c1ccccc1)[C@H](C=O)C(=O)OC. The van der Waals surface area contributed by atoms with Gasteiger partial charge in [-0.15, -0.1) is 0 Å². The molecule has 0 bridgehead atoms. The summed E-state index contributed by atoms with van der Waals surface area (Å²) in [7, 11) is 2.96. The standard InChI is InChI=1S/C19H20FNO3/c1-21-18-11-15(20)9-8-14(18)10-16(13-6-4-3-5-7-13)17(12-22)19(23)24-2/h3-9,11-12,16-17,21H,10H2,1-2H3/t16-,17+/m1/s1. The van der Waals surface area contributed by atoms with Crippen molar-refractivity contribution in [2.24, 2.45) is 5.92 Å². The molecule has 0 aliphatic heterocycles. The molecule has 4 nitrogen and oxygen atoms in total. The van der Waals surface area contributed by atoms with Crippen molar-refractivity contribution >= 4 is 17.9 Å². The molecule has 0 aliphatic carbocycles. The van der Waals surface area contributed by atoms with Crippen molar-refractivity contribution in [3.63, 3.8) is 0 Å². The van der Waals surface area contributed by atoms with Crippen LogP contribution < -0.4 is 5.32 Å². The van der Waals surface area contributed by atoms with Gasteiger partial charge in [0, 0.05) is 18.7 Å². The van der Waals surface area contributed by atoms with Crippen molar-refractivity contribution in [1.82, 2.24) is 0 Å². The molecule has 0 saturated carbocycles. The van der Waals surface area contributed by atoms with Crippen LogP contribution in [0.15, 0.2) is 48.5 Å². The van der Waals surface area contributed by atoms with Gasteiger partial charge in [0.15, 0.2) is 0 Å². The summed E-state index contributed by atoms with van der Waals surface area (Å²) in [6, 6.07) is 13.7. The first kappa shape index (κ1) is 17.7. The molecule has 0 heterocycles. The van der Waals surface area contributed by atoms with E-state index in [2.05, 4.69) is 5.32 Å². The number of nitrogens with one attached hydrogen (secondary N) is 1. The van der Waals surface area contributed by atoms with E-state index in [9.17, 15) is 14.0 Å². The van der Waals surface area contributed by atoms with Crippen molar-refractivity contribution in [3.8, 4) is 0 Å². The van der Waals surface area contributed by atoms with Crippen LogP contribution in [-0.2, 0) is 20.7 Å². The summed E-state index contributed by atoms with van der Waals surface area (Å²) in [4.78, 5) is 23.6. The molecule has 0 aromatic heterocycles. The number of aldehydes is 1. The Kier molecular flexibility index (Phi) is 6.07. The van der Waals surface area contributed by atoms with E-state index < -0.39 is 17.8 Å². The van der Waals surface area contributed by atoms with Crippen LogP contribution in [-0.4, -0.2) is 26.4 Å². The third kappa shape index (κ3) is 3.98. The number of hydrogen-bond donors (Lipinski definition) is 1. The van der Waals surface area contributed by atoms with Crippen molar-refractivity contribution in [1.29, 1.82) is 0 Å². The van der Waals surface area contributed by atoms with Crippen LogP contribution in [0.2, 0.25) is 0 Å². The molecule has 5 heteroatoms. The molecule has 0 spiro atoms. The van der Waals surface area contributed by atoms with Crippen molar-refractivity contribution in [2.75, 3.05) is 19.5 Å². The van der Waals surface area contributed by atoms with Gasteiger partial charge in [-0.25, -0.2) is 4.39 Å². The summed E-state index contributed by atoms with van der Waals surface area (Å²) in [6.45, 7) is 0. The number of halogens is 1. The molecule has 2 atom stereocenters. The predicted molar refractivity (Wildman–Crippen MR) is 90.4 cm³/mol. The topological polar surface area (TPSA) is 55.4 Å². The van der Waals surface area contributed by atoms with Gasteiger partial charge in [0.25, 0.3) is 0 Å². The number of hydrogen-bond acceptors (Lipinski definition) is 4. The second-order valence-corrected chi connectivity index (χ2v) is 5.46. The smallest absolute Gasteiger partial charge is 0.316 e. The Balaban J connectivity index is 2.43. The maximum absolute atomic E-state index is 13.4. The van der Waals surface area contributed by atoms with Gasteiger partial charge in [-0.2, -0.15) is 0 Å². The van der Waals surface area contributed by atoms with Gasteiger partial charge in [0.1, 0.15) is 18.0 Å². The molecule has 126 valence electrons. The van der Waals surface area contributed by atoms with E-state index in [0.717, 1.165) is 11.1 Å². The lowest BCUT2D eigenvalue weighted by Crippen LogP contribution is -2.26. The zero-order valence-electron chi connectivity index (χ0n) is 13.7. The van der Waals surface area contributed by atoms with Crippen LogP contribution in [0, 0.1) is 11.7 Å². The van der Waals surface area contributed by atoms with Crippen LogP contribution >= 0.6 is 0 Å². The van der Waals surface area contributed by atoms with Crippen LogP contribution in [0.3, 0.4) is 0 Å². The highest BCUT2D eigenvalue weighted by atomic mass is 19.1. The van der Waals surface area contributed by atoms with Gasteiger partial charge >= 0.3 is 5.97 Å². The fourth-order valence-corrected chi connectivity index (χ4v) is 2.80. The Labute approximate surface area is 140 Å². The van der Waals surface area contributed by atoms with E-state index in [-0.39, 0.29) is 5.82 Å². The number of ether oxygens (including phenoxy) is 1. The van der Waals surface area contributed by atoms with Crippen LogP contribution in [0.4, 0.5) is 10.1 Å². The quantitative estimate of drug-likeness (QED) is 0.481. The second-order valence-electron chi connectivity index (χ2n) is 5.46. The third-order valence-electron chi connectivity index (χ3n) is 4.06. The minimum Gasteiger partial charge on any atom is -0.468 e. The van der Waals surface area contributed by atoms with Crippen molar-refractivity contribution in [2.45, 2.75) is 12.3 Å². The molecular formula is C19H20FNO3. The zero-order valence-corrected chi connectivity index (χ0v) is 13.7. The summed E-state index contributed by atoms with van der Waals surface area (Å²) in [5.41, 5.74) is 2.31. The molecule has 2 aromatic rings. The van der Waals surface area contributed by atoms with E-state index >= 15 is 0 Å². The fourth-order valence-electron chi connectivity index (χ4n) is 2.80. The monoisotopic (exact) mass is 329 g/mol. The number of rotatable bonds is 7.